The van der Waals surface area contributed by atoms with Gasteiger partial charge in [0.25, 0.3) is 5.91 Å². The molecule has 2 heterocycles. The van der Waals surface area contributed by atoms with E-state index in [-0.39, 0.29) is 12.5 Å². The highest BCUT2D eigenvalue weighted by Gasteiger charge is 2.10. The fraction of sp³-hybridized carbons (Fsp3) is 0.174. The van der Waals surface area contributed by atoms with Gasteiger partial charge in [-0.3, -0.25) is 4.79 Å². The molecule has 0 aliphatic carbocycles. The van der Waals surface area contributed by atoms with Crippen LogP contribution in [0.4, 0.5) is 5.82 Å². The zero-order valence-electron chi connectivity index (χ0n) is 16.8. The summed E-state index contributed by atoms with van der Waals surface area (Å²) in [5.41, 5.74) is 2.21. The molecule has 0 aliphatic rings. The maximum Gasteiger partial charge on any atom is 0.259 e. The smallest absolute Gasteiger partial charge is 0.259 e. The van der Waals surface area contributed by atoms with Crippen LogP contribution in [0.5, 0.6) is 5.75 Å². The summed E-state index contributed by atoms with van der Waals surface area (Å²) in [6.07, 6.45) is 1.59. The number of carbonyl (C=O) groups is 1. The van der Waals surface area contributed by atoms with Crippen molar-refractivity contribution in [2.24, 2.45) is 0 Å². The zero-order chi connectivity index (χ0) is 20.9. The van der Waals surface area contributed by atoms with Crippen LogP contribution in [0.1, 0.15) is 5.56 Å². The zero-order valence-corrected chi connectivity index (χ0v) is 17.6. The summed E-state index contributed by atoms with van der Waals surface area (Å²) in [5, 5.41) is 4.41. The van der Waals surface area contributed by atoms with Crippen LogP contribution in [0.2, 0.25) is 0 Å². The van der Waals surface area contributed by atoms with Gasteiger partial charge in [-0.1, -0.05) is 42.5 Å². The third-order valence-corrected chi connectivity index (χ3v) is 5.70. The number of hydrogen-bond acceptors (Lipinski definition) is 6. The first kappa shape index (κ1) is 19.8. The minimum Gasteiger partial charge on any atom is -0.484 e. The Bertz CT molecular complexity index is 1160. The van der Waals surface area contributed by atoms with Crippen LogP contribution >= 0.6 is 11.3 Å². The van der Waals surface area contributed by atoms with Crippen molar-refractivity contribution in [1.82, 2.24) is 14.9 Å². The van der Waals surface area contributed by atoms with Gasteiger partial charge in [0.15, 0.2) is 6.61 Å². The Hall–Kier alpha value is -3.45. The standard InChI is InChI=1S/C23H22N4O2S/c1-27(2)21(28)14-29-18-10-6-7-16(11-18)13-24-22-19-12-20(17-8-4-3-5-9-17)30-23(19)26-15-25-22/h3-12,15H,13-14H2,1-2H3,(H,24,25,26). The minimum absolute atomic E-state index is 0.0214. The van der Waals surface area contributed by atoms with E-state index in [4.69, 9.17) is 4.74 Å². The summed E-state index contributed by atoms with van der Waals surface area (Å²) in [4.78, 5) is 24.2. The number of fused-ring (bicyclic) bond motifs is 1. The second-order valence-corrected chi connectivity index (χ2v) is 8.03. The summed E-state index contributed by atoms with van der Waals surface area (Å²) in [6, 6.07) is 20.1. The summed E-state index contributed by atoms with van der Waals surface area (Å²) in [6.45, 7) is 0.606. The molecule has 7 heteroatoms. The van der Waals surface area contributed by atoms with Crippen LogP contribution in [0.25, 0.3) is 20.7 Å². The van der Waals surface area contributed by atoms with Gasteiger partial charge in [0.2, 0.25) is 0 Å². The molecule has 0 atom stereocenters. The monoisotopic (exact) mass is 418 g/mol. The molecule has 2 aromatic heterocycles. The van der Waals surface area contributed by atoms with E-state index in [2.05, 4.69) is 33.5 Å². The summed E-state index contributed by atoms with van der Waals surface area (Å²) < 4.78 is 5.60. The lowest BCUT2D eigenvalue weighted by molar-refractivity contribution is -0.130. The first-order chi connectivity index (χ1) is 14.6. The van der Waals surface area contributed by atoms with Crippen molar-refractivity contribution in [2.75, 3.05) is 26.0 Å². The molecule has 0 spiro atoms. The topological polar surface area (TPSA) is 67.3 Å². The second kappa shape index (κ2) is 8.92. The predicted molar refractivity (Wildman–Crippen MR) is 121 cm³/mol. The van der Waals surface area contributed by atoms with Crippen LogP contribution in [-0.2, 0) is 11.3 Å². The van der Waals surface area contributed by atoms with Crippen LogP contribution in [-0.4, -0.2) is 41.5 Å². The van der Waals surface area contributed by atoms with Crippen LogP contribution in [0.15, 0.2) is 67.0 Å². The van der Waals surface area contributed by atoms with E-state index < -0.39 is 0 Å². The highest BCUT2D eigenvalue weighted by molar-refractivity contribution is 7.21. The van der Waals surface area contributed by atoms with E-state index >= 15 is 0 Å². The molecule has 6 nitrogen and oxygen atoms in total. The highest BCUT2D eigenvalue weighted by atomic mass is 32.1. The van der Waals surface area contributed by atoms with E-state index in [0.29, 0.717) is 12.3 Å². The predicted octanol–water partition coefficient (Wildman–Crippen LogP) is 4.44. The Labute approximate surface area is 179 Å². The number of carbonyl (C=O) groups excluding carboxylic acids is 1. The van der Waals surface area contributed by atoms with E-state index in [0.717, 1.165) is 26.5 Å². The van der Waals surface area contributed by atoms with Crippen molar-refractivity contribution in [1.29, 1.82) is 0 Å². The third kappa shape index (κ3) is 4.58. The first-order valence-corrected chi connectivity index (χ1v) is 10.4. The lowest BCUT2D eigenvalue weighted by atomic mass is 10.2. The Balaban J connectivity index is 1.48. The van der Waals surface area contributed by atoms with Gasteiger partial charge >= 0.3 is 0 Å². The molecule has 0 radical (unpaired) electrons. The number of amides is 1. The first-order valence-electron chi connectivity index (χ1n) is 9.56. The summed E-state index contributed by atoms with van der Waals surface area (Å²) >= 11 is 1.65. The van der Waals surface area contributed by atoms with Gasteiger partial charge < -0.3 is 15.0 Å². The van der Waals surface area contributed by atoms with Crippen molar-refractivity contribution < 1.29 is 9.53 Å². The molecular weight excluding hydrogens is 396 g/mol. The molecule has 30 heavy (non-hydrogen) atoms. The molecule has 4 aromatic rings. The van der Waals surface area contributed by atoms with Gasteiger partial charge in [-0.2, -0.15) is 0 Å². The van der Waals surface area contributed by atoms with Gasteiger partial charge in [-0.25, -0.2) is 9.97 Å². The van der Waals surface area contributed by atoms with Gasteiger partial charge in [0, 0.05) is 25.5 Å². The normalized spacial score (nSPS) is 10.7. The molecule has 0 fully saturated rings. The summed E-state index contributed by atoms with van der Waals surface area (Å²) in [5.74, 6) is 1.39. The molecule has 0 saturated heterocycles. The molecule has 0 saturated carbocycles. The lowest BCUT2D eigenvalue weighted by Crippen LogP contribution is -2.27. The van der Waals surface area contributed by atoms with Gasteiger partial charge in [-0.05, 0) is 29.3 Å². The minimum atomic E-state index is -0.0754. The van der Waals surface area contributed by atoms with E-state index in [1.54, 1.807) is 31.8 Å². The molecule has 152 valence electrons. The molecule has 2 aromatic carbocycles. The van der Waals surface area contributed by atoms with E-state index in [1.807, 2.05) is 42.5 Å². The highest BCUT2D eigenvalue weighted by Crippen LogP contribution is 2.34. The Morgan fingerprint density at radius 3 is 2.70 bits per heavy atom. The van der Waals surface area contributed by atoms with Crippen LogP contribution in [0, 0.1) is 0 Å². The van der Waals surface area contributed by atoms with Crippen molar-refractivity contribution in [3.63, 3.8) is 0 Å². The van der Waals surface area contributed by atoms with E-state index in [1.165, 1.54) is 10.5 Å². The van der Waals surface area contributed by atoms with E-state index in [9.17, 15) is 4.79 Å². The molecule has 0 unspecified atom stereocenters. The number of likely N-dealkylation sites (N-methyl/N-ethyl adjacent to an activating group) is 1. The Morgan fingerprint density at radius 2 is 1.90 bits per heavy atom. The van der Waals surface area contributed by atoms with Gasteiger partial charge in [0.05, 0.1) is 5.39 Å². The molecule has 0 aliphatic heterocycles. The Morgan fingerprint density at radius 1 is 1.07 bits per heavy atom. The molecule has 1 N–H and O–H groups in total. The molecular formula is C23H22N4O2S. The maximum atomic E-state index is 11.7. The lowest BCUT2D eigenvalue weighted by Gasteiger charge is -2.12. The van der Waals surface area contributed by atoms with Crippen molar-refractivity contribution >= 4 is 33.3 Å². The van der Waals surface area contributed by atoms with Crippen molar-refractivity contribution in [3.8, 4) is 16.2 Å². The Kier molecular flexibility index (Phi) is 5.90. The van der Waals surface area contributed by atoms with Crippen molar-refractivity contribution in [2.45, 2.75) is 6.54 Å². The average Bonchev–Trinajstić information content (AvgIpc) is 3.22. The van der Waals surface area contributed by atoms with Crippen LogP contribution in [0.3, 0.4) is 0 Å². The molecule has 1 amide bonds. The fourth-order valence-corrected chi connectivity index (χ4v) is 3.95. The number of aromatic nitrogens is 2. The number of nitrogens with zero attached hydrogens (tertiary/aromatic N) is 3. The maximum absolute atomic E-state index is 11.7. The number of hydrogen-bond donors (Lipinski definition) is 1. The second-order valence-electron chi connectivity index (χ2n) is 7.00. The SMILES string of the molecule is CN(C)C(=O)COc1cccc(CNc2ncnc3sc(-c4ccccc4)cc23)c1. The summed E-state index contributed by atoms with van der Waals surface area (Å²) in [7, 11) is 3.42. The number of rotatable bonds is 7. The number of anilines is 1. The van der Waals surface area contributed by atoms with Gasteiger partial charge in [-0.15, -0.1) is 11.3 Å². The largest absolute Gasteiger partial charge is 0.484 e. The van der Waals surface area contributed by atoms with Crippen molar-refractivity contribution in [3.05, 3.63) is 72.6 Å². The molecule has 4 rings (SSSR count). The van der Waals surface area contributed by atoms with Gasteiger partial charge in [0.1, 0.15) is 22.7 Å². The number of nitrogens with one attached hydrogen (secondary N) is 1. The number of thiophene rings is 1. The third-order valence-electron chi connectivity index (χ3n) is 4.61. The molecule has 0 bridgehead atoms. The average molecular weight is 419 g/mol. The quantitative estimate of drug-likeness (QED) is 0.481. The number of benzene rings is 2. The van der Waals surface area contributed by atoms with Crippen LogP contribution < -0.4 is 10.1 Å². The fourth-order valence-electron chi connectivity index (χ4n) is 2.95. The number of ether oxygens (including phenoxy) is 1.